The number of hydrogen-bond donors (Lipinski definition) is 2. The van der Waals surface area contributed by atoms with Crippen LogP contribution in [-0.2, 0) is 14.3 Å². The normalized spacial score (nSPS) is 12.3. The first-order valence-corrected chi connectivity index (χ1v) is 3.31. The highest BCUT2D eigenvalue weighted by atomic mass is 16.6. The Morgan fingerprint density at radius 2 is 1.85 bits per heavy atom. The van der Waals surface area contributed by atoms with Gasteiger partial charge in [0, 0.05) is 6.92 Å². The van der Waals surface area contributed by atoms with E-state index in [2.05, 4.69) is 20.7 Å². The smallest absolute Gasteiger partial charge is 0.332 e. The van der Waals surface area contributed by atoms with E-state index in [0.717, 1.165) is 0 Å². The highest BCUT2D eigenvalue weighted by Gasteiger charge is 2.00. The molecule has 0 aliphatic rings. The van der Waals surface area contributed by atoms with Crippen molar-refractivity contribution in [2.45, 2.75) is 6.92 Å². The molecule has 3 N–H and O–H groups in total. The molecular formula is C6H12N4O3. The summed E-state index contributed by atoms with van der Waals surface area (Å²) in [4.78, 5) is 11.2. The molecule has 0 radical (unpaired) electrons. The van der Waals surface area contributed by atoms with E-state index in [0.29, 0.717) is 5.90 Å². The van der Waals surface area contributed by atoms with E-state index in [1.807, 2.05) is 0 Å². The minimum atomic E-state index is -0.496. The number of nitrogens with one attached hydrogen (secondary N) is 1. The van der Waals surface area contributed by atoms with Crippen molar-refractivity contribution in [2.75, 3.05) is 14.2 Å². The Bertz CT molecular complexity index is 236. The summed E-state index contributed by atoms with van der Waals surface area (Å²) in [6, 6.07) is -0.556. The van der Waals surface area contributed by atoms with Crippen molar-refractivity contribution >= 4 is 17.9 Å². The lowest BCUT2D eigenvalue weighted by molar-refractivity contribution is 0.309. The van der Waals surface area contributed by atoms with Crippen LogP contribution in [0.3, 0.4) is 0 Å². The molecule has 0 aliphatic carbocycles. The average Bonchev–Trinajstić information content (AvgIpc) is 2.16. The van der Waals surface area contributed by atoms with Crippen LogP contribution in [0.25, 0.3) is 0 Å². The maximum Gasteiger partial charge on any atom is 0.332 e. The molecule has 0 saturated heterocycles. The van der Waals surface area contributed by atoms with Crippen molar-refractivity contribution in [2.24, 2.45) is 15.9 Å². The molecule has 0 amide bonds. The van der Waals surface area contributed by atoms with Gasteiger partial charge in [0.1, 0.15) is 0 Å². The van der Waals surface area contributed by atoms with E-state index in [4.69, 9.17) is 14.9 Å². The molecule has 0 rings (SSSR count). The standard InChI is InChI=1S/C6H12N4O3/c1-4(11-2)9-6(12-3)10-5(7)13-8/h7H,8H2,1-3H3. The second kappa shape index (κ2) is 5.95. The van der Waals surface area contributed by atoms with Crippen LogP contribution >= 0.6 is 0 Å². The van der Waals surface area contributed by atoms with E-state index < -0.39 is 6.02 Å². The molecule has 0 atom stereocenters. The molecule has 0 fully saturated rings. The fourth-order valence-electron chi connectivity index (χ4n) is 0.410. The van der Waals surface area contributed by atoms with Crippen LogP contribution in [0, 0.1) is 5.41 Å². The summed E-state index contributed by atoms with van der Waals surface area (Å²) in [6.45, 7) is 1.61. The van der Waals surface area contributed by atoms with Crippen LogP contribution in [-0.4, -0.2) is 32.2 Å². The number of aliphatic imine (C=N–C) groups is 2. The summed E-state index contributed by atoms with van der Waals surface area (Å²) in [5.74, 6) is 5.02. The zero-order chi connectivity index (χ0) is 10.3. The Kier molecular flexibility index (Phi) is 5.20. The largest absolute Gasteiger partial charge is 0.484 e. The van der Waals surface area contributed by atoms with Crippen LogP contribution in [0.4, 0.5) is 0 Å². The molecule has 7 nitrogen and oxygen atoms in total. The summed E-state index contributed by atoms with van der Waals surface area (Å²) in [6.07, 6.45) is 0. The summed E-state index contributed by atoms with van der Waals surface area (Å²) < 4.78 is 9.45. The maximum atomic E-state index is 6.95. The number of nitrogens with two attached hydrogens (primary N) is 1. The predicted octanol–water partition coefficient (Wildman–Crippen LogP) is -0.121. The quantitative estimate of drug-likeness (QED) is 0.314. The second-order valence-electron chi connectivity index (χ2n) is 1.86. The Morgan fingerprint density at radius 3 is 2.23 bits per heavy atom. The minimum absolute atomic E-state index is 0.0604. The fraction of sp³-hybridized carbons (Fsp3) is 0.500. The van der Waals surface area contributed by atoms with Gasteiger partial charge in [0.25, 0.3) is 0 Å². The van der Waals surface area contributed by atoms with Gasteiger partial charge in [-0.3, -0.25) is 0 Å². The minimum Gasteiger partial charge on any atom is -0.484 e. The zero-order valence-electron chi connectivity index (χ0n) is 7.70. The molecule has 0 heterocycles. The van der Waals surface area contributed by atoms with Crippen LogP contribution in [0.5, 0.6) is 0 Å². The van der Waals surface area contributed by atoms with Crippen LogP contribution in [0.1, 0.15) is 6.92 Å². The summed E-state index contributed by atoms with van der Waals surface area (Å²) in [5.41, 5.74) is 0. The Balaban J connectivity index is 4.51. The van der Waals surface area contributed by atoms with Crippen molar-refractivity contribution in [1.82, 2.24) is 0 Å². The molecule has 0 aromatic rings. The van der Waals surface area contributed by atoms with E-state index in [1.165, 1.54) is 14.2 Å². The van der Waals surface area contributed by atoms with Crippen LogP contribution < -0.4 is 5.90 Å². The number of nitrogens with zero attached hydrogens (tertiary/aromatic N) is 2. The van der Waals surface area contributed by atoms with Gasteiger partial charge in [-0.15, -0.1) is 4.99 Å². The lowest BCUT2D eigenvalue weighted by Gasteiger charge is -2.00. The Morgan fingerprint density at radius 1 is 1.23 bits per heavy atom. The van der Waals surface area contributed by atoms with E-state index >= 15 is 0 Å². The van der Waals surface area contributed by atoms with Gasteiger partial charge in [-0.2, -0.15) is 10.9 Å². The van der Waals surface area contributed by atoms with E-state index in [-0.39, 0.29) is 6.02 Å². The van der Waals surface area contributed by atoms with Gasteiger partial charge < -0.3 is 14.3 Å². The van der Waals surface area contributed by atoms with Gasteiger partial charge in [-0.05, 0) is 0 Å². The van der Waals surface area contributed by atoms with Crippen LogP contribution in [0.15, 0.2) is 9.98 Å². The first-order chi connectivity index (χ1) is 6.13. The number of rotatable bonds is 0. The molecule has 0 bridgehead atoms. The van der Waals surface area contributed by atoms with Gasteiger partial charge in [-0.1, -0.05) is 0 Å². The maximum absolute atomic E-state index is 6.95. The Labute approximate surface area is 75.7 Å². The third kappa shape index (κ3) is 4.75. The molecule has 13 heavy (non-hydrogen) atoms. The average molecular weight is 188 g/mol. The lowest BCUT2D eigenvalue weighted by Crippen LogP contribution is -2.11. The molecule has 0 aromatic heterocycles. The molecule has 0 aromatic carbocycles. The first-order valence-electron chi connectivity index (χ1n) is 3.31. The monoisotopic (exact) mass is 188 g/mol. The first kappa shape index (κ1) is 11.4. The topological polar surface area (TPSA) is 102 Å². The van der Waals surface area contributed by atoms with Crippen molar-refractivity contribution in [3.63, 3.8) is 0 Å². The molecule has 7 heteroatoms. The third-order valence-electron chi connectivity index (χ3n) is 1.04. The fourth-order valence-corrected chi connectivity index (χ4v) is 0.410. The molecule has 74 valence electrons. The van der Waals surface area contributed by atoms with E-state index in [9.17, 15) is 0 Å². The van der Waals surface area contributed by atoms with Crippen molar-refractivity contribution in [3.8, 4) is 0 Å². The SMILES string of the molecule is COC(C)=NC(=NC(=N)ON)OC. The summed E-state index contributed by atoms with van der Waals surface area (Å²) >= 11 is 0. The predicted molar refractivity (Wildman–Crippen MR) is 47.6 cm³/mol. The van der Waals surface area contributed by atoms with Crippen molar-refractivity contribution in [3.05, 3.63) is 0 Å². The molecule has 0 unspecified atom stereocenters. The summed E-state index contributed by atoms with van der Waals surface area (Å²) in [7, 11) is 2.81. The molecule has 0 saturated carbocycles. The number of methoxy groups -OCH3 is 2. The molecule has 0 aliphatic heterocycles. The molecule has 0 spiro atoms. The van der Waals surface area contributed by atoms with Gasteiger partial charge >= 0.3 is 12.0 Å². The highest BCUT2D eigenvalue weighted by Crippen LogP contribution is 1.88. The summed E-state index contributed by atoms with van der Waals surface area (Å²) in [5, 5.41) is 6.95. The van der Waals surface area contributed by atoms with Gasteiger partial charge in [0.2, 0.25) is 0 Å². The van der Waals surface area contributed by atoms with E-state index in [1.54, 1.807) is 6.92 Å². The number of ether oxygens (including phenoxy) is 2. The number of hydrogen-bond acceptors (Lipinski definition) is 5. The lowest BCUT2D eigenvalue weighted by atomic mass is 10.7. The van der Waals surface area contributed by atoms with Gasteiger partial charge in [-0.25, -0.2) is 5.41 Å². The van der Waals surface area contributed by atoms with Crippen molar-refractivity contribution in [1.29, 1.82) is 5.41 Å². The second-order valence-corrected chi connectivity index (χ2v) is 1.86. The highest BCUT2D eigenvalue weighted by molar-refractivity contribution is 5.94. The van der Waals surface area contributed by atoms with Gasteiger partial charge in [0.15, 0.2) is 5.90 Å². The number of amidine groups is 2. The molecular weight excluding hydrogens is 176 g/mol. The Hall–Kier alpha value is -1.63. The zero-order valence-corrected chi connectivity index (χ0v) is 7.70. The van der Waals surface area contributed by atoms with Crippen molar-refractivity contribution < 1.29 is 14.3 Å². The van der Waals surface area contributed by atoms with Gasteiger partial charge in [0.05, 0.1) is 14.2 Å². The third-order valence-corrected chi connectivity index (χ3v) is 1.04. The van der Waals surface area contributed by atoms with Crippen LogP contribution in [0.2, 0.25) is 0 Å².